The van der Waals surface area contributed by atoms with Crippen LogP contribution in [0.4, 0.5) is 4.39 Å². The highest BCUT2D eigenvalue weighted by molar-refractivity contribution is 5.97. The van der Waals surface area contributed by atoms with E-state index in [9.17, 15) is 14.0 Å². The van der Waals surface area contributed by atoms with Crippen molar-refractivity contribution in [3.05, 3.63) is 53.2 Å². The molecule has 0 fully saturated rings. The molecule has 0 unspecified atom stereocenters. The Balaban J connectivity index is 1.55. The molecule has 1 aromatic heterocycles. The van der Waals surface area contributed by atoms with Crippen molar-refractivity contribution in [2.24, 2.45) is 0 Å². The summed E-state index contributed by atoms with van der Waals surface area (Å²) in [6.07, 6.45) is 1.48. The van der Waals surface area contributed by atoms with Crippen LogP contribution in [0.5, 0.6) is 5.75 Å². The first-order valence-corrected chi connectivity index (χ1v) is 8.46. The second-order valence-electron chi connectivity index (χ2n) is 5.87. The Morgan fingerprint density at radius 2 is 1.85 bits per heavy atom. The third-order valence-corrected chi connectivity index (χ3v) is 3.67. The molecule has 0 radical (unpaired) electrons. The van der Waals surface area contributed by atoms with Gasteiger partial charge in [-0.2, -0.15) is 0 Å². The van der Waals surface area contributed by atoms with Crippen molar-refractivity contribution >= 4 is 11.8 Å². The van der Waals surface area contributed by atoms with Gasteiger partial charge >= 0.3 is 0 Å². The second-order valence-corrected chi connectivity index (χ2v) is 5.87. The molecule has 140 valence electrons. The molecule has 6 nitrogen and oxygen atoms in total. The number of hydrogen-bond donors (Lipinski definition) is 2. The average Bonchev–Trinajstić information content (AvgIpc) is 2.95. The molecule has 1 heterocycles. The van der Waals surface area contributed by atoms with Crippen LogP contribution in [-0.4, -0.2) is 31.5 Å². The summed E-state index contributed by atoms with van der Waals surface area (Å²) < 4.78 is 23.5. The van der Waals surface area contributed by atoms with Gasteiger partial charge in [-0.3, -0.25) is 9.59 Å². The Labute approximate surface area is 151 Å². The molecule has 0 aliphatic rings. The molecular formula is C19H23FN2O4. The van der Waals surface area contributed by atoms with Crippen LogP contribution in [0, 0.1) is 19.7 Å². The van der Waals surface area contributed by atoms with Crippen LogP contribution in [0.3, 0.4) is 0 Å². The molecule has 7 heteroatoms. The Bertz CT molecular complexity index is 740. The van der Waals surface area contributed by atoms with Gasteiger partial charge in [0.15, 0.2) is 0 Å². The number of furan rings is 1. The Morgan fingerprint density at radius 3 is 2.50 bits per heavy atom. The smallest absolute Gasteiger partial charge is 0.255 e. The molecule has 0 aliphatic carbocycles. The molecule has 2 rings (SSSR count). The third kappa shape index (κ3) is 6.23. The maximum atomic E-state index is 12.8. The number of carbonyl (C=O) groups is 2. The first-order valence-electron chi connectivity index (χ1n) is 8.46. The average molecular weight is 362 g/mol. The number of benzene rings is 1. The Kier molecular flexibility index (Phi) is 7.20. The number of nitrogens with one attached hydrogen (secondary N) is 2. The van der Waals surface area contributed by atoms with Gasteiger partial charge < -0.3 is 19.8 Å². The highest BCUT2D eigenvalue weighted by atomic mass is 19.1. The van der Waals surface area contributed by atoms with Crippen molar-refractivity contribution in [1.29, 1.82) is 0 Å². The zero-order valence-electron chi connectivity index (χ0n) is 14.9. The van der Waals surface area contributed by atoms with Gasteiger partial charge in [0.2, 0.25) is 5.91 Å². The molecule has 0 bridgehead atoms. The highest BCUT2D eigenvalue weighted by Crippen LogP contribution is 2.13. The van der Waals surface area contributed by atoms with Crippen LogP contribution in [0.1, 0.15) is 34.7 Å². The molecular weight excluding hydrogens is 339 g/mol. The Morgan fingerprint density at radius 1 is 1.12 bits per heavy atom. The molecule has 0 atom stereocenters. The molecule has 2 amide bonds. The van der Waals surface area contributed by atoms with E-state index in [1.807, 2.05) is 0 Å². The lowest BCUT2D eigenvalue weighted by molar-refractivity contribution is -0.120. The van der Waals surface area contributed by atoms with E-state index < -0.39 is 0 Å². The number of aryl methyl sites for hydroxylation is 2. The van der Waals surface area contributed by atoms with Crippen LogP contribution in [0.15, 0.2) is 34.7 Å². The molecule has 26 heavy (non-hydrogen) atoms. The zero-order valence-corrected chi connectivity index (χ0v) is 14.9. The summed E-state index contributed by atoms with van der Waals surface area (Å²) in [4.78, 5) is 23.7. The first-order chi connectivity index (χ1) is 12.5. The summed E-state index contributed by atoms with van der Waals surface area (Å²) in [6.45, 7) is 4.35. The number of rotatable bonds is 9. The van der Waals surface area contributed by atoms with Crippen LogP contribution in [0.2, 0.25) is 0 Å². The van der Waals surface area contributed by atoms with Crippen LogP contribution >= 0.6 is 0 Å². The van der Waals surface area contributed by atoms with Gasteiger partial charge in [-0.05, 0) is 57.0 Å². The van der Waals surface area contributed by atoms with Crippen LogP contribution in [-0.2, 0) is 4.79 Å². The summed E-state index contributed by atoms with van der Waals surface area (Å²) in [6, 6.07) is 7.47. The molecule has 0 spiro atoms. The second kappa shape index (κ2) is 9.60. The zero-order chi connectivity index (χ0) is 18.9. The number of unbranched alkanes of at least 4 members (excludes halogenated alkanes) is 1. The number of amides is 2. The minimum Gasteiger partial charge on any atom is -0.494 e. The van der Waals surface area contributed by atoms with E-state index in [-0.39, 0.29) is 24.2 Å². The monoisotopic (exact) mass is 362 g/mol. The van der Waals surface area contributed by atoms with Crippen molar-refractivity contribution in [1.82, 2.24) is 10.6 Å². The van der Waals surface area contributed by atoms with E-state index in [2.05, 4.69) is 10.6 Å². The van der Waals surface area contributed by atoms with Gasteiger partial charge in [0.25, 0.3) is 5.91 Å². The van der Waals surface area contributed by atoms with Crippen molar-refractivity contribution < 1.29 is 23.1 Å². The predicted octanol–water partition coefficient (Wildman–Crippen LogP) is 2.74. The Hall–Kier alpha value is -2.83. The lowest BCUT2D eigenvalue weighted by atomic mass is 10.2. The molecule has 2 aromatic rings. The minimum absolute atomic E-state index is 0.0887. The standard InChI is InChI=1S/C19H23FN2O4/c1-13-11-17(14(2)26-13)19(24)22-12-18(23)21-9-3-4-10-25-16-7-5-15(20)6-8-16/h5-8,11H,3-4,9-10,12H2,1-2H3,(H,21,23)(H,22,24). The van der Waals surface area contributed by atoms with Gasteiger partial charge in [0, 0.05) is 6.54 Å². The summed E-state index contributed by atoms with van der Waals surface area (Å²) in [5.74, 6) is 0.910. The minimum atomic E-state index is -0.331. The normalized spacial score (nSPS) is 10.4. The van der Waals surface area contributed by atoms with E-state index in [0.29, 0.717) is 36.0 Å². The van der Waals surface area contributed by atoms with E-state index in [0.717, 1.165) is 12.8 Å². The SMILES string of the molecule is Cc1cc(C(=O)NCC(=O)NCCCCOc2ccc(F)cc2)c(C)o1. The van der Waals surface area contributed by atoms with Crippen LogP contribution < -0.4 is 15.4 Å². The summed E-state index contributed by atoms with van der Waals surface area (Å²) in [5.41, 5.74) is 0.438. The number of halogens is 1. The fourth-order valence-electron chi connectivity index (χ4n) is 2.35. The van der Waals surface area contributed by atoms with Crippen molar-refractivity contribution in [2.45, 2.75) is 26.7 Å². The van der Waals surface area contributed by atoms with E-state index in [1.54, 1.807) is 32.0 Å². The third-order valence-electron chi connectivity index (χ3n) is 3.67. The quantitative estimate of drug-likeness (QED) is 0.672. The van der Waals surface area contributed by atoms with Crippen LogP contribution in [0.25, 0.3) is 0 Å². The van der Waals surface area contributed by atoms with Gasteiger partial charge in [-0.15, -0.1) is 0 Å². The molecule has 0 saturated carbocycles. The maximum absolute atomic E-state index is 12.8. The first kappa shape index (κ1) is 19.5. The maximum Gasteiger partial charge on any atom is 0.255 e. The fourth-order valence-corrected chi connectivity index (χ4v) is 2.35. The van der Waals surface area contributed by atoms with Gasteiger partial charge in [-0.1, -0.05) is 0 Å². The van der Waals surface area contributed by atoms with Crippen molar-refractivity contribution in [3.8, 4) is 5.75 Å². The van der Waals surface area contributed by atoms with Crippen molar-refractivity contribution in [2.75, 3.05) is 19.7 Å². The van der Waals surface area contributed by atoms with E-state index in [4.69, 9.17) is 9.15 Å². The number of carbonyl (C=O) groups excluding carboxylic acids is 2. The summed E-state index contributed by atoms with van der Waals surface area (Å²) in [5, 5.41) is 5.30. The van der Waals surface area contributed by atoms with Gasteiger partial charge in [0.05, 0.1) is 18.7 Å². The predicted molar refractivity (Wildman–Crippen MR) is 94.7 cm³/mol. The lowest BCUT2D eigenvalue weighted by Crippen LogP contribution is -2.37. The van der Waals surface area contributed by atoms with Gasteiger partial charge in [0.1, 0.15) is 23.1 Å². The summed E-state index contributed by atoms with van der Waals surface area (Å²) >= 11 is 0. The van der Waals surface area contributed by atoms with E-state index >= 15 is 0 Å². The lowest BCUT2D eigenvalue weighted by Gasteiger charge is -2.08. The highest BCUT2D eigenvalue weighted by Gasteiger charge is 2.14. The van der Waals surface area contributed by atoms with Gasteiger partial charge in [-0.25, -0.2) is 4.39 Å². The largest absolute Gasteiger partial charge is 0.494 e. The van der Waals surface area contributed by atoms with Crippen molar-refractivity contribution in [3.63, 3.8) is 0 Å². The van der Waals surface area contributed by atoms with E-state index in [1.165, 1.54) is 12.1 Å². The topological polar surface area (TPSA) is 80.6 Å². The molecule has 2 N–H and O–H groups in total. The number of hydrogen-bond acceptors (Lipinski definition) is 4. The molecule has 0 aliphatic heterocycles. The molecule has 0 saturated heterocycles. The summed E-state index contributed by atoms with van der Waals surface area (Å²) in [7, 11) is 0. The number of ether oxygens (including phenoxy) is 1. The fraction of sp³-hybridized carbons (Fsp3) is 0.368. The molecule has 1 aromatic carbocycles.